The molecule has 172 valence electrons. The monoisotopic (exact) mass is 459 g/mol. The molecule has 1 amide bonds. The summed E-state index contributed by atoms with van der Waals surface area (Å²) in [5.41, 5.74) is 1.94. The van der Waals surface area contributed by atoms with Crippen molar-refractivity contribution < 1.29 is 28.5 Å². The molecule has 7 nitrogen and oxygen atoms in total. The Labute approximate surface area is 192 Å². The highest BCUT2D eigenvalue weighted by Gasteiger charge is 2.51. The molecule has 0 radical (unpaired) electrons. The minimum Gasteiger partial charge on any atom is -0.362 e. The molecule has 0 unspecified atom stereocenters. The number of thioether (sulfide) groups is 1. The van der Waals surface area contributed by atoms with Gasteiger partial charge in [0, 0.05) is 12.5 Å². The number of carbonyl (C=O) groups excluding carboxylic acids is 1. The van der Waals surface area contributed by atoms with Gasteiger partial charge in [0.15, 0.2) is 12.6 Å². The van der Waals surface area contributed by atoms with E-state index in [2.05, 4.69) is 5.32 Å². The molecule has 2 aromatic carbocycles. The van der Waals surface area contributed by atoms with Gasteiger partial charge in [-0.05, 0) is 11.8 Å². The molecule has 0 aromatic heterocycles. The van der Waals surface area contributed by atoms with E-state index < -0.39 is 30.8 Å². The van der Waals surface area contributed by atoms with E-state index >= 15 is 0 Å². The van der Waals surface area contributed by atoms with Crippen LogP contribution in [0.15, 0.2) is 60.7 Å². The van der Waals surface area contributed by atoms with Crippen molar-refractivity contribution in [3.8, 4) is 0 Å². The summed E-state index contributed by atoms with van der Waals surface area (Å²) in [6, 6.07) is 19.1. The summed E-state index contributed by atoms with van der Waals surface area (Å²) in [6.45, 7) is 2.16. The van der Waals surface area contributed by atoms with E-state index in [1.807, 2.05) is 66.9 Å². The second-order valence-corrected chi connectivity index (χ2v) is 8.59. The van der Waals surface area contributed by atoms with Crippen molar-refractivity contribution >= 4 is 17.7 Å². The lowest BCUT2D eigenvalue weighted by molar-refractivity contribution is -0.348. The predicted octanol–water partition coefficient (Wildman–Crippen LogP) is 3.25. The molecule has 6 atom stereocenters. The fraction of sp³-hybridized carbons (Fsp3) is 0.458. The van der Waals surface area contributed by atoms with Gasteiger partial charge in [-0.3, -0.25) is 4.79 Å². The van der Waals surface area contributed by atoms with E-state index in [1.165, 1.54) is 6.92 Å². The van der Waals surface area contributed by atoms with Gasteiger partial charge in [-0.15, -0.1) is 11.8 Å². The van der Waals surface area contributed by atoms with Crippen LogP contribution in [0.1, 0.15) is 24.3 Å². The lowest BCUT2D eigenvalue weighted by atomic mass is 9.95. The van der Waals surface area contributed by atoms with Gasteiger partial charge in [-0.25, -0.2) is 0 Å². The molecule has 2 fully saturated rings. The molecule has 0 saturated carbocycles. The first-order chi connectivity index (χ1) is 15.7. The van der Waals surface area contributed by atoms with Crippen molar-refractivity contribution in [2.45, 2.75) is 50.5 Å². The second kappa shape index (κ2) is 11.3. The molecule has 2 aliphatic rings. The Morgan fingerprint density at radius 2 is 1.78 bits per heavy atom. The van der Waals surface area contributed by atoms with Gasteiger partial charge < -0.3 is 29.0 Å². The predicted molar refractivity (Wildman–Crippen MR) is 121 cm³/mol. The maximum absolute atomic E-state index is 12.0. The van der Waals surface area contributed by atoms with Crippen LogP contribution < -0.4 is 5.32 Å². The largest absolute Gasteiger partial charge is 0.362 e. The van der Waals surface area contributed by atoms with Gasteiger partial charge in [0.05, 0.1) is 19.2 Å². The fourth-order valence-electron chi connectivity index (χ4n) is 3.98. The molecule has 2 heterocycles. The minimum atomic E-state index is -0.701. The SMILES string of the molecule is CSCO[C@H]1[C@H](NC(C)=O)[C@H](OCc2ccccc2)O[C@H]2CO[C@@H](c3ccccc3)O[C@H]12. The summed E-state index contributed by atoms with van der Waals surface area (Å²) in [6.07, 6.45) is -0.525. The van der Waals surface area contributed by atoms with Crippen LogP contribution in [0.3, 0.4) is 0 Å². The first-order valence-corrected chi connectivity index (χ1v) is 12.1. The summed E-state index contributed by atoms with van der Waals surface area (Å²) in [4.78, 5) is 12.0. The van der Waals surface area contributed by atoms with Gasteiger partial charge >= 0.3 is 0 Å². The minimum absolute atomic E-state index is 0.185. The lowest BCUT2D eigenvalue weighted by Crippen LogP contribution is -2.67. The molecule has 0 spiro atoms. The molecule has 1 N–H and O–H groups in total. The van der Waals surface area contributed by atoms with Crippen molar-refractivity contribution in [2.24, 2.45) is 0 Å². The molecule has 8 heteroatoms. The molecular weight excluding hydrogens is 430 g/mol. The highest BCUT2D eigenvalue weighted by Crippen LogP contribution is 2.36. The molecule has 2 saturated heterocycles. The van der Waals surface area contributed by atoms with E-state index in [0.717, 1.165) is 11.1 Å². The highest BCUT2D eigenvalue weighted by atomic mass is 32.2. The zero-order valence-corrected chi connectivity index (χ0v) is 19.0. The Hall–Kier alpha value is -1.94. The van der Waals surface area contributed by atoms with Crippen LogP contribution in [0, 0.1) is 0 Å². The van der Waals surface area contributed by atoms with E-state index in [9.17, 15) is 4.79 Å². The average Bonchev–Trinajstić information content (AvgIpc) is 2.82. The summed E-state index contributed by atoms with van der Waals surface area (Å²) >= 11 is 1.56. The Bertz CT molecular complexity index is 854. The quantitative estimate of drug-likeness (QED) is 0.608. The van der Waals surface area contributed by atoms with Crippen LogP contribution in [-0.4, -0.2) is 55.4 Å². The standard InChI is InChI=1S/C24H29NO6S/c1-16(26)25-20-22(29-15-32-2)21-19(14-28-23(31-21)18-11-7-4-8-12-18)30-24(20)27-13-17-9-5-3-6-10-17/h3-12,19-24H,13-15H2,1-2H3,(H,25,26)/t19-,20-,21-,22-,23+,24+/m0/s1. The third-order valence-electron chi connectivity index (χ3n) is 5.42. The van der Waals surface area contributed by atoms with Crippen molar-refractivity contribution in [3.05, 3.63) is 71.8 Å². The van der Waals surface area contributed by atoms with E-state index in [-0.39, 0.29) is 12.0 Å². The number of hydrogen-bond acceptors (Lipinski definition) is 7. The van der Waals surface area contributed by atoms with Crippen LogP contribution in [0.5, 0.6) is 0 Å². The molecule has 2 aliphatic heterocycles. The summed E-state index contributed by atoms with van der Waals surface area (Å²) < 4.78 is 30.8. The Balaban J connectivity index is 1.54. The fourth-order valence-corrected chi connectivity index (χ4v) is 4.27. The van der Waals surface area contributed by atoms with Crippen LogP contribution in [0.4, 0.5) is 0 Å². The van der Waals surface area contributed by atoms with Crippen LogP contribution in [-0.2, 0) is 35.1 Å². The highest BCUT2D eigenvalue weighted by molar-refractivity contribution is 7.98. The maximum atomic E-state index is 12.0. The number of fused-ring (bicyclic) bond motifs is 1. The number of carbonyl (C=O) groups is 1. The smallest absolute Gasteiger partial charge is 0.217 e. The van der Waals surface area contributed by atoms with Crippen molar-refractivity contribution in [2.75, 3.05) is 18.8 Å². The normalized spacial score (nSPS) is 29.8. The zero-order valence-electron chi connectivity index (χ0n) is 18.2. The number of nitrogens with one attached hydrogen (secondary N) is 1. The van der Waals surface area contributed by atoms with E-state index in [4.69, 9.17) is 23.7 Å². The molecule has 32 heavy (non-hydrogen) atoms. The van der Waals surface area contributed by atoms with Gasteiger partial charge in [-0.1, -0.05) is 60.7 Å². The number of amides is 1. The average molecular weight is 460 g/mol. The Kier molecular flexibility index (Phi) is 8.18. The van der Waals surface area contributed by atoms with Gasteiger partial charge in [-0.2, -0.15) is 0 Å². The second-order valence-electron chi connectivity index (χ2n) is 7.78. The Morgan fingerprint density at radius 3 is 2.47 bits per heavy atom. The topological polar surface area (TPSA) is 75.3 Å². The van der Waals surface area contributed by atoms with E-state index in [1.54, 1.807) is 11.8 Å². The first kappa shape index (κ1) is 23.2. The van der Waals surface area contributed by atoms with Crippen LogP contribution >= 0.6 is 11.8 Å². The molecule has 4 rings (SSSR count). The lowest BCUT2D eigenvalue weighted by Gasteiger charge is -2.49. The van der Waals surface area contributed by atoms with Crippen molar-refractivity contribution in [3.63, 3.8) is 0 Å². The molecule has 0 aliphatic carbocycles. The summed E-state index contributed by atoms with van der Waals surface area (Å²) in [7, 11) is 0. The Morgan fingerprint density at radius 1 is 1.06 bits per heavy atom. The third kappa shape index (κ3) is 5.70. The van der Waals surface area contributed by atoms with Crippen molar-refractivity contribution in [1.82, 2.24) is 5.32 Å². The van der Waals surface area contributed by atoms with Crippen LogP contribution in [0.2, 0.25) is 0 Å². The summed E-state index contributed by atoms with van der Waals surface area (Å²) in [5.74, 6) is 0.269. The third-order valence-corrected chi connectivity index (χ3v) is 5.79. The number of ether oxygens (including phenoxy) is 5. The zero-order chi connectivity index (χ0) is 22.3. The maximum Gasteiger partial charge on any atom is 0.217 e. The van der Waals surface area contributed by atoms with E-state index in [0.29, 0.717) is 19.2 Å². The molecular formula is C24H29NO6S. The first-order valence-electron chi connectivity index (χ1n) is 10.7. The number of rotatable bonds is 8. The number of benzene rings is 2. The molecule has 2 aromatic rings. The van der Waals surface area contributed by atoms with Gasteiger partial charge in [0.25, 0.3) is 0 Å². The number of hydrogen-bond donors (Lipinski definition) is 1. The molecule has 0 bridgehead atoms. The summed E-state index contributed by atoms with van der Waals surface area (Å²) in [5, 5.41) is 2.97. The van der Waals surface area contributed by atoms with Gasteiger partial charge in [0.1, 0.15) is 24.4 Å². The van der Waals surface area contributed by atoms with Gasteiger partial charge in [0.2, 0.25) is 5.91 Å². The van der Waals surface area contributed by atoms with Crippen LogP contribution in [0.25, 0.3) is 0 Å². The van der Waals surface area contributed by atoms with Crippen molar-refractivity contribution in [1.29, 1.82) is 0 Å².